The van der Waals surface area contributed by atoms with E-state index in [9.17, 15) is 14.0 Å². The Kier molecular flexibility index (Phi) is 5.12. The summed E-state index contributed by atoms with van der Waals surface area (Å²) in [5, 5.41) is 4.26. The van der Waals surface area contributed by atoms with Crippen LogP contribution < -0.4 is 10.1 Å². The van der Waals surface area contributed by atoms with Gasteiger partial charge in [0.05, 0.1) is 12.8 Å². The third kappa shape index (κ3) is 3.22. The molecule has 2 amide bonds. The summed E-state index contributed by atoms with van der Waals surface area (Å²) in [6, 6.07) is 4.58. The van der Waals surface area contributed by atoms with Crippen molar-refractivity contribution in [1.82, 2.24) is 19.6 Å². The van der Waals surface area contributed by atoms with Crippen LogP contribution in [0.1, 0.15) is 24.3 Å². The molecule has 2 heterocycles. The van der Waals surface area contributed by atoms with E-state index in [2.05, 4.69) is 10.3 Å². The zero-order valence-electron chi connectivity index (χ0n) is 16.2. The second kappa shape index (κ2) is 7.23. The van der Waals surface area contributed by atoms with Crippen LogP contribution in [0.2, 0.25) is 0 Å². The molecule has 9 heteroatoms. The Morgan fingerprint density at radius 1 is 1.36 bits per heavy atom. The lowest BCUT2D eigenvalue weighted by Gasteiger charge is -2.33. The second-order valence-corrected chi connectivity index (χ2v) is 7.59. The minimum absolute atomic E-state index is 0.152. The van der Waals surface area contributed by atoms with Crippen LogP contribution in [0.4, 0.5) is 4.39 Å². The van der Waals surface area contributed by atoms with Gasteiger partial charge in [-0.05, 0) is 32.0 Å². The minimum Gasteiger partial charge on any atom is -0.494 e. The van der Waals surface area contributed by atoms with Crippen LogP contribution in [-0.2, 0) is 4.79 Å². The van der Waals surface area contributed by atoms with Gasteiger partial charge in [0.1, 0.15) is 11.2 Å². The number of hydrogen-bond donors (Lipinski definition) is 1. The molecular weight excluding hydrogens is 383 g/mol. The molecule has 0 atom stereocenters. The molecule has 0 saturated carbocycles. The number of halogens is 1. The Hall–Kier alpha value is -2.94. The quantitative estimate of drug-likeness (QED) is 0.710. The average Bonchev–Trinajstić information content (AvgIpc) is 3.26. The van der Waals surface area contributed by atoms with Gasteiger partial charge in [0.15, 0.2) is 16.5 Å². The highest BCUT2D eigenvalue weighted by atomic mass is 32.1. The summed E-state index contributed by atoms with van der Waals surface area (Å²) in [4.78, 5) is 31.6. The molecule has 0 aliphatic carbocycles. The predicted molar refractivity (Wildman–Crippen MR) is 105 cm³/mol. The average molecular weight is 404 g/mol. The number of likely N-dealkylation sites (N-methyl/N-ethyl adjacent to an activating group) is 2. The highest BCUT2D eigenvalue weighted by Crippen LogP contribution is 2.28. The first-order valence-corrected chi connectivity index (χ1v) is 9.39. The van der Waals surface area contributed by atoms with E-state index in [1.807, 2.05) is 0 Å². The first-order chi connectivity index (χ1) is 13.2. The Morgan fingerprint density at radius 3 is 2.68 bits per heavy atom. The van der Waals surface area contributed by atoms with Crippen molar-refractivity contribution in [3.8, 4) is 17.0 Å². The summed E-state index contributed by atoms with van der Waals surface area (Å²) in [7, 11) is 4.51. The van der Waals surface area contributed by atoms with E-state index in [0.29, 0.717) is 21.9 Å². The van der Waals surface area contributed by atoms with E-state index in [-0.39, 0.29) is 17.6 Å². The number of ether oxygens (including phenoxy) is 1. The van der Waals surface area contributed by atoms with Crippen molar-refractivity contribution in [1.29, 1.82) is 0 Å². The number of hydrogen-bond acceptors (Lipinski definition) is 5. The van der Waals surface area contributed by atoms with Crippen LogP contribution >= 0.6 is 11.3 Å². The molecule has 0 saturated heterocycles. The molecule has 0 bridgehead atoms. The fourth-order valence-corrected chi connectivity index (χ4v) is 3.63. The van der Waals surface area contributed by atoms with Gasteiger partial charge in [-0.1, -0.05) is 0 Å². The van der Waals surface area contributed by atoms with Crippen molar-refractivity contribution in [3.05, 3.63) is 41.3 Å². The van der Waals surface area contributed by atoms with Crippen molar-refractivity contribution >= 4 is 28.1 Å². The van der Waals surface area contributed by atoms with E-state index in [1.165, 1.54) is 42.5 Å². The van der Waals surface area contributed by atoms with Gasteiger partial charge in [0.2, 0.25) is 5.91 Å². The number of rotatable bonds is 5. The standard InChI is InChI=1S/C19H21FN4O3S/c1-19(2,17(26)21-3)23(4)16(25)14-10-28-18-22-13(9-24(14)18)11-6-7-15(27-5)12(20)8-11/h6-10H,1-5H3,(H,21,26). The van der Waals surface area contributed by atoms with Crippen LogP contribution in [0.25, 0.3) is 16.2 Å². The van der Waals surface area contributed by atoms with Gasteiger partial charge in [0.25, 0.3) is 5.91 Å². The van der Waals surface area contributed by atoms with Crippen molar-refractivity contribution < 1.29 is 18.7 Å². The van der Waals surface area contributed by atoms with E-state index < -0.39 is 11.4 Å². The van der Waals surface area contributed by atoms with Gasteiger partial charge in [-0.2, -0.15) is 0 Å². The number of nitrogens with zero attached hydrogens (tertiary/aromatic N) is 3. The van der Waals surface area contributed by atoms with Crippen molar-refractivity contribution in [3.63, 3.8) is 0 Å². The number of amides is 2. The third-order valence-electron chi connectivity index (χ3n) is 4.80. The topological polar surface area (TPSA) is 75.9 Å². The maximum Gasteiger partial charge on any atom is 0.272 e. The number of benzene rings is 1. The van der Waals surface area contributed by atoms with Gasteiger partial charge in [-0.3, -0.25) is 14.0 Å². The number of aromatic nitrogens is 2. The third-order valence-corrected chi connectivity index (χ3v) is 5.64. The summed E-state index contributed by atoms with van der Waals surface area (Å²) >= 11 is 1.30. The summed E-state index contributed by atoms with van der Waals surface area (Å²) in [5.41, 5.74) is 0.470. The number of fused-ring (bicyclic) bond motifs is 1. The largest absolute Gasteiger partial charge is 0.494 e. The minimum atomic E-state index is -1.03. The lowest BCUT2D eigenvalue weighted by Crippen LogP contribution is -2.54. The number of thiazole rings is 1. The Bertz CT molecular complexity index is 1060. The molecule has 1 N–H and O–H groups in total. The fraction of sp³-hybridized carbons (Fsp3) is 0.316. The van der Waals surface area contributed by atoms with Gasteiger partial charge < -0.3 is 15.0 Å². The molecule has 0 unspecified atom stereocenters. The van der Waals surface area contributed by atoms with Crippen LogP contribution in [0.5, 0.6) is 5.75 Å². The molecule has 1 aromatic carbocycles. The maximum atomic E-state index is 14.0. The molecule has 7 nitrogen and oxygen atoms in total. The van der Waals surface area contributed by atoms with Crippen molar-refractivity contribution in [2.45, 2.75) is 19.4 Å². The number of nitrogens with one attached hydrogen (secondary N) is 1. The first kappa shape index (κ1) is 19.8. The number of carbonyl (C=O) groups excluding carboxylic acids is 2. The van der Waals surface area contributed by atoms with Crippen LogP contribution in [0.15, 0.2) is 29.8 Å². The number of methoxy groups -OCH3 is 1. The Balaban J connectivity index is 1.97. The molecule has 0 spiro atoms. The number of carbonyl (C=O) groups is 2. The zero-order chi connectivity index (χ0) is 20.6. The molecule has 0 fully saturated rings. The summed E-state index contributed by atoms with van der Waals surface area (Å²) in [6.45, 7) is 3.35. The summed E-state index contributed by atoms with van der Waals surface area (Å²) in [6.07, 6.45) is 1.68. The molecule has 148 valence electrons. The zero-order valence-corrected chi connectivity index (χ0v) is 17.1. The predicted octanol–water partition coefficient (Wildman–Crippen LogP) is 2.81. The normalized spacial score (nSPS) is 11.5. The molecular formula is C19H21FN4O3S. The van der Waals surface area contributed by atoms with Gasteiger partial charge >= 0.3 is 0 Å². The molecule has 3 rings (SSSR count). The first-order valence-electron chi connectivity index (χ1n) is 8.51. The summed E-state index contributed by atoms with van der Waals surface area (Å²) < 4.78 is 20.6. The fourth-order valence-electron chi connectivity index (χ4n) is 2.79. The number of imidazole rings is 1. The van der Waals surface area contributed by atoms with Gasteiger partial charge in [0, 0.05) is 31.2 Å². The Labute approximate surface area is 165 Å². The molecule has 0 radical (unpaired) electrons. The lowest BCUT2D eigenvalue weighted by molar-refractivity contribution is -0.129. The highest BCUT2D eigenvalue weighted by molar-refractivity contribution is 7.15. The smallest absolute Gasteiger partial charge is 0.272 e. The van der Waals surface area contributed by atoms with Crippen LogP contribution in [0.3, 0.4) is 0 Å². The molecule has 0 aliphatic rings. The van der Waals surface area contributed by atoms with Gasteiger partial charge in [-0.15, -0.1) is 11.3 Å². The molecule has 3 aromatic rings. The maximum absolute atomic E-state index is 14.0. The highest BCUT2D eigenvalue weighted by Gasteiger charge is 2.36. The Morgan fingerprint density at radius 2 is 2.07 bits per heavy atom. The molecule has 2 aromatic heterocycles. The summed E-state index contributed by atoms with van der Waals surface area (Å²) in [5.74, 6) is -0.919. The second-order valence-electron chi connectivity index (χ2n) is 6.75. The van der Waals surface area contributed by atoms with E-state index in [1.54, 1.807) is 42.9 Å². The van der Waals surface area contributed by atoms with Gasteiger partial charge in [-0.25, -0.2) is 9.37 Å². The van der Waals surface area contributed by atoms with Crippen molar-refractivity contribution in [2.24, 2.45) is 0 Å². The molecule has 28 heavy (non-hydrogen) atoms. The molecule has 0 aliphatic heterocycles. The van der Waals surface area contributed by atoms with Crippen LogP contribution in [0, 0.1) is 5.82 Å². The lowest BCUT2D eigenvalue weighted by atomic mass is 10.0. The van der Waals surface area contributed by atoms with Crippen LogP contribution in [-0.4, -0.2) is 52.8 Å². The van der Waals surface area contributed by atoms with E-state index in [4.69, 9.17) is 4.74 Å². The SMILES string of the molecule is CNC(=O)C(C)(C)N(C)C(=O)c1csc2nc(-c3ccc(OC)c(F)c3)cn12. The monoisotopic (exact) mass is 404 g/mol. The van der Waals surface area contributed by atoms with E-state index >= 15 is 0 Å². The van der Waals surface area contributed by atoms with Crippen molar-refractivity contribution in [2.75, 3.05) is 21.2 Å². The van der Waals surface area contributed by atoms with E-state index in [0.717, 1.165) is 0 Å².